The Labute approximate surface area is 150 Å². The molecule has 0 heterocycles. The van der Waals surface area contributed by atoms with Crippen molar-refractivity contribution < 1.29 is 4.39 Å². The van der Waals surface area contributed by atoms with Gasteiger partial charge in [0, 0.05) is 5.56 Å². The quantitative estimate of drug-likeness (QED) is 0.419. The Morgan fingerprint density at radius 3 is 2.00 bits per heavy atom. The first kappa shape index (κ1) is 17.4. The molecule has 3 aromatic carbocycles. The van der Waals surface area contributed by atoms with Crippen LogP contribution in [0, 0.1) is 12.7 Å². The van der Waals surface area contributed by atoms with E-state index >= 15 is 0 Å². The minimum Gasteiger partial charge on any atom is -0.206 e. The third-order valence-electron chi connectivity index (χ3n) is 4.69. The molecule has 0 bridgehead atoms. The van der Waals surface area contributed by atoms with Crippen molar-refractivity contribution in [3.8, 4) is 22.3 Å². The van der Waals surface area contributed by atoms with Gasteiger partial charge in [-0.3, -0.25) is 0 Å². The largest absolute Gasteiger partial charge is 0.206 e. The SMILES string of the molecule is CCCCCc1ccc(-c2ccc(-c3ccc(C)cc3)cc2F)cc1. The van der Waals surface area contributed by atoms with Crippen LogP contribution in [0.1, 0.15) is 37.3 Å². The van der Waals surface area contributed by atoms with Crippen LogP contribution in [-0.4, -0.2) is 0 Å². The van der Waals surface area contributed by atoms with Gasteiger partial charge in [-0.1, -0.05) is 86.0 Å². The van der Waals surface area contributed by atoms with E-state index in [2.05, 4.69) is 38.1 Å². The molecule has 0 saturated heterocycles. The van der Waals surface area contributed by atoms with Crippen molar-refractivity contribution in [2.75, 3.05) is 0 Å². The van der Waals surface area contributed by atoms with Gasteiger partial charge >= 0.3 is 0 Å². The van der Waals surface area contributed by atoms with Crippen molar-refractivity contribution >= 4 is 0 Å². The lowest BCUT2D eigenvalue weighted by molar-refractivity contribution is 0.632. The Morgan fingerprint density at radius 1 is 0.720 bits per heavy atom. The van der Waals surface area contributed by atoms with Gasteiger partial charge in [0.05, 0.1) is 0 Å². The van der Waals surface area contributed by atoms with Crippen molar-refractivity contribution in [2.45, 2.75) is 39.5 Å². The number of benzene rings is 3. The van der Waals surface area contributed by atoms with Crippen LogP contribution in [0.25, 0.3) is 22.3 Å². The summed E-state index contributed by atoms with van der Waals surface area (Å²) in [6.45, 7) is 4.27. The molecular weight excluding hydrogens is 307 g/mol. The Balaban J connectivity index is 1.79. The van der Waals surface area contributed by atoms with Crippen LogP contribution in [0.3, 0.4) is 0 Å². The zero-order chi connectivity index (χ0) is 17.6. The van der Waals surface area contributed by atoms with Gasteiger partial charge in [-0.25, -0.2) is 4.39 Å². The number of hydrogen-bond acceptors (Lipinski definition) is 0. The predicted molar refractivity (Wildman–Crippen MR) is 105 cm³/mol. The Bertz CT molecular complexity index is 814. The van der Waals surface area contributed by atoms with E-state index < -0.39 is 0 Å². The van der Waals surface area contributed by atoms with Crippen LogP contribution in [0.5, 0.6) is 0 Å². The highest BCUT2D eigenvalue weighted by Crippen LogP contribution is 2.28. The molecule has 128 valence electrons. The van der Waals surface area contributed by atoms with Gasteiger partial charge in [0.25, 0.3) is 0 Å². The van der Waals surface area contributed by atoms with Crippen molar-refractivity contribution in [1.82, 2.24) is 0 Å². The van der Waals surface area contributed by atoms with Crippen LogP contribution < -0.4 is 0 Å². The summed E-state index contributed by atoms with van der Waals surface area (Å²) in [6, 6.07) is 22.0. The summed E-state index contributed by atoms with van der Waals surface area (Å²) in [5.74, 6) is -0.170. The maximum absolute atomic E-state index is 14.6. The molecule has 0 N–H and O–H groups in total. The van der Waals surface area contributed by atoms with E-state index in [0.29, 0.717) is 5.56 Å². The van der Waals surface area contributed by atoms with E-state index in [1.807, 2.05) is 36.4 Å². The number of unbranched alkanes of at least 4 members (excludes halogenated alkanes) is 2. The second kappa shape index (κ2) is 8.11. The van der Waals surface area contributed by atoms with Crippen molar-refractivity contribution in [3.63, 3.8) is 0 Å². The monoisotopic (exact) mass is 332 g/mol. The molecular formula is C24H25F. The number of hydrogen-bond donors (Lipinski definition) is 0. The van der Waals surface area contributed by atoms with Crippen LogP contribution in [-0.2, 0) is 6.42 Å². The zero-order valence-corrected chi connectivity index (χ0v) is 15.1. The first-order valence-electron chi connectivity index (χ1n) is 9.13. The maximum Gasteiger partial charge on any atom is 0.131 e. The minimum absolute atomic E-state index is 0.170. The lowest BCUT2D eigenvalue weighted by Gasteiger charge is -2.08. The van der Waals surface area contributed by atoms with Gasteiger partial charge in [0.1, 0.15) is 5.82 Å². The van der Waals surface area contributed by atoms with Crippen LogP contribution in [0.2, 0.25) is 0 Å². The fourth-order valence-electron chi connectivity index (χ4n) is 3.10. The van der Waals surface area contributed by atoms with Gasteiger partial charge in [0.2, 0.25) is 0 Å². The van der Waals surface area contributed by atoms with Crippen molar-refractivity contribution in [2.24, 2.45) is 0 Å². The number of rotatable bonds is 6. The fourth-order valence-corrected chi connectivity index (χ4v) is 3.10. The van der Waals surface area contributed by atoms with Gasteiger partial charge in [-0.05, 0) is 48.1 Å². The topological polar surface area (TPSA) is 0 Å². The molecule has 0 nitrogen and oxygen atoms in total. The van der Waals surface area contributed by atoms with E-state index in [0.717, 1.165) is 23.1 Å². The molecule has 0 atom stereocenters. The van der Waals surface area contributed by atoms with Crippen molar-refractivity contribution in [1.29, 1.82) is 0 Å². The molecule has 0 aliphatic carbocycles. The summed E-state index contributed by atoms with van der Waals surface area (Å²) < 4.78 is 14.6. The molecule has 0 amide bonds. The summed E-state index contributed by atoms with van der Waals surface area (Å²) in [7, 11) is 0. The van der Waals surface area contributed by atoms with Crippen molar-refractivity contribution in [3.05, 3.63) is 83.7 Å². The normalized spacial score (nSPS) is 10.8. The van der Waals surface area contributed by atoms with E-state index in [4.69, 9.17) is 0 Å². The Morgan fingerprint density at radius 2 is 1.36 bits per heavy atom. The summed E-state index contributed by atoms with van der Waals surface area (Å²) in [5.41, 5.74) is 6.09. The lowest BCUT2D eigenvalue weighted by atomic mass is 9.97. The average molecular weight is 332 g/mol. The van der Waals surface area contributed by atoms with Crippen LogP contribution >= 0.6 is 0 Å². The second-order valence-corrected chi connectivity index (χ2v) is 6.71. The number of halogens is 1. The second-order valence-electron chi connectivity index (χ2n) is 6.71. The Hall–Kier alpha value is -2.41. The van der Waals surface area contributed by atoms with E-state index in [1.165, 1.54) is 30.4 Å². The molecule has 3 aromatic rings. The highest BCUT2D eigenvalue weighted by molar-refractivity contribution is 5.71. The first-order valence-corrected chi connectivity index (χ1v) is 9.13. The summed E-state index contributed by atoms with van der Waals surface area (Å²) >= 11 is 0. The minimum atomic E-state index is -0.170. The molecule has 0 unspecified atom stereocenters. The summed E-state index contributed by atoms with van der Waals surface area (Å²) in [5, 5.41) is 0. The maximum atomic E-state index is 14.6. The zero-order valence-electron chi connectivity index (χ0n) is 15.1. The van der Waals surface area contributed by atoms with Gasteiger partial charge in [0.15, 0.2) is 0 Å². The molecule has 25 heavy (non-hydrogen) atoms. The lowest BCUT2D eigenvalue weighted by Crippen LogP contribution is -1.89. The fraction of sp³-hybridized carbons (Fsp3) is 0.250. The number of aryl methyl sites for hydroxylation is 2. The van der Waals surface area contributed by atoms with Gasteiger partial charge < -0.3 is 0 Å². The molecule has 3 rings (SSSR count). The molecule has 0 saturated carbocycles. The van der Waals surface area contributed by atoms with Gasteiger partial charge in [-0.15, -0.1) is 0 Å². The molecule has 0 aliphatic rings. The summed E-state index contributed by atoms with van der Waals surface area (Å²) in [6.07, 6.45) is 4.81. The highest BCUT2D eigenvalue weighted by Gasteiger charge is 2.07. The molecule has 0 fully saturated rings. The van der Waals surface area contributed by atoms with E-state index in [-0.39, 0.29) is 5.82 Å². The summed E-state index contributed by atoms with van der Waals surface area (Å²) in [4.78, 5) is 0. The third kappa shape index (κ3) is 4.36. The molecule has 0 aliphatic heterocycles. The first-order chi connectivity index (χ1) is 12.2. The molecule has 0 aromatic heterocycles. The standard InChI is InChI=1S/C24H25F/c1-3-4-5-6-19-9-13-21(14-10-19)23-16-15-22(17-24(23)25)20-11-7-18(2)8-12-20/h7-17H,3-6H2,1-2H3. The smallest absolute Gasteiger partial charge is 0.131 e. The van der Waals surface area contributed by atoms with Crippen LogP contribution in [0.15, 0.2) is 66.7 Å². The van der Waals surface area contributed by atoms with Gasteiger partial charge in [-0.2, -0.15) is 0 Å². The Kier molecular flexibility index (Phi) is 5.65. The van der Waals surface area contributed by atoms with E-state index in [9.17, 15) is 4.39 Å². The molecule has 1 heteroatoms. The van der Waals surface area contributed by atoms with E-state index in [1.54, 1.807) is 6.07 Å². The highest BCUT2D eigenvalue weighted by atomic mass is 19.1. The molecule has 0 spiro atoms. The molecule has 0 radical (unpaired) electrons. The predicted octanol–water partition coefficient (Wildman–Crippen LogP) is 7.20. The average Bonchev–Trinajstić information content (AvgIpc) is 2.63. The van der Waals surface area contributed by atoms with Crippen LogP contribution in [0.4, 0.5) is 4.39 Å². The third-order valence-corrected chi connectivity index (χ3v) is 4.69.